The van der Waals surface area contributed by atoms with Crippen molar-refractivity contribution in [1.29, 1.82) is 5.26 Å². The van der Waals surface area contributed by atoms with Crippen LogP contribution in [0.4, 0.5) is 4.79 Å². The number of nitriles is 1. The standard InChI is InChI=1S/C18H25N3O3S/c1-12-14(11-25-16(12)7-19)15-9-20-5-6-21(8-13(20)10-23-15)17(22)24-18(2,3)4/h11,13,15H,5-6,8-10H2,1-4H3/t13-,15-/m0/s1. The summed E-state index contributed by atoms with van der Waals surface area (Å²) in [5, 5.41) is 11.2. The SMILES string of the molecule is Cc1c([C@@H]2CN3CCN(C(=O)OC(C)(C)C)C[C@H]3CO2)csc1C#N. The number of amides is 1. The van der Waals surface area contributed by atoms with Crippen molar-refractivity contribution in [3.05, 3.63) is 21.4 Å². The molecular weight excluding hydrogens is 338 g/mol. The highest BCUT2D eigenvalue weighted by Crippen LogP contribution is 2.33. The van der Waals surface area contributed by atoms with Crippen molar-refractivity contribution < 1.29 is 14.3 Å². The molecule has 0 bridgehead atoms. The quantitative estimate of drug-likeness (QED) is 0.767. The van der Waals surface area contributed by atoms with E-state index in [4.69, 9.17) is 14.7 Å². The van der Waals surface area contributed by atoms with Gasteiger partial charge in [-0.3, -0.25) is 4.90 Å². The van der Waals surface area contributed by atoms with Crippen LogP contribution in [-0.2, 0) is 9.47 Å². The minimum absolute atomic E-state index is 0.00248. The predicted molar refractivity (Wildman–Crippen MR) is 95.6 cm³/mol. The van der Waals surface area contributed by atoms with Crippen LogP contribution in [-0.4, -0.2) is 60.3 Å². The molecule has 0 aliphatic carbocycles. The molecule has 136 valence electrons. The van der Waals surface area contributed by atoms with E-state index in [9.17, 15) is 4.79 Å². The van der Waals surface area contributed by atoms with E-state index in [1.807, 2.05) is 33.1 Å². The minimum atomic E-state index is -0.475. The van der Waals surface area contributed by atoms with Crippen molar-refractivity contribution in [1.82, 2.24) is 9.80 Å². The van der Waals surface area contributed by atoms with E-state index in [0.29, 0.717) is 19.7 Å². The molecule has 6 nitrogen and oxygen atoms in total. The summed E-state index contributed by atoms with van der Waals surface area (Å²) in [4.78, 5) is 17.2. The average molecular weight is 363 g/mol. The highest BCUT2D eigenvalue weighted by molar-refractivity contribution is 7.10. The highest BCUT2D eigenvalue weighted by atomic mass is 32.1. The number of morpholine rings is 1. The minimum Gasteiger partial charge on any atom is -0.444 e. The summed E-state index contributed by atoms with van der Waals surface area (Å²) in [5.41, 5.74) is 1.68. The molecule has 2 aliphatic rings. The van der Waals surface area contributed by atoms with Crippen molar-refractivity contribution in [3.8, 4) is 6.07 Å². The fourth-order valence-corrected chi connectivity index (χ4v) is 4.24. The molecule has 1 amide bonds. The van der Waals surface area contributed by atoms with Crippen LogP contribution in [0.3, 0.4) is 0 Å². The second-order valence-electron chi connectivity index (χ2n) is 7.65. The van der Waals surface area contributed by atoms with E-state index in [2.05, 4.69) is 11.0 Å². The number of piperazine rings is 1. The third-order valence-corrected chi connectivity index (χ3v) is 5.68. The molecule has 0 saturated carbocycles. The van der Waals surface area contributed by atoms with Gasteiger partial charge in [-0.15, -0.1) is 11.3 Å². The Kier molecular flexibility index (Phi) is 5.05. The lowest BCUT2D eigenvalue weighted by Gasteiger charge is -2.46. The zero-order valence-corrected chi connectivity index (χ0v) is 16.1. The second-order valence-corrected chi connectivity index (χ2v) is 8.53. The maximum atomic E-state index is 12.3. The first-order valence-corrected chi connectivity index (χ1v) is 9.48. The van der Waals surface area contributed by atoms with Crippen molar-refractivity contribution in [2.24, 2.45) is 0 Å². The number of carbonyl (C=O) groups is 1. The molecule has 3 rings (SSSR count). The molecule has 0 radical (unpaired) electrons. The Morgan fingerprint density at radius 1 is 1.40 bits per heavy atom. The van der Waals surface area contributed by atoms with Gasteiger partial charge in [0.1, 0.15) is 16.5 Å². The summed E-state index contributed by atoms with van der Waals surface area (Å²) in [7, 11) is 0. The number of nitrogens with zero attached hydrogens (tertiary/aromatic N) is 3. The van der Waals surface area contributed by atoms with Gasteiger partial charge >= 0.3 is 6.09 Å². The zero-order chi connectivity index (χ0) is 18.2. The fraction of sp³-hybridized carbons (Fsp3) is 0.667. The summed E-state index contributed by atoms with van der Waals surface area (Å²) in [6, 6.07) is 2.44. The molecule has 2 saturated heterocycles. The van der Waals surface area contributed by atoms with Crippen LogP contribution in [0.2, 0.25) is 0 Å². The van der Waals surface area contributed by atoms with Gasteiger partial charge in [0.25, 0.3) is 0 Å². The Hall–Kier alpha value is -1.62. The maximum absolute atomic E-state index is 12.3. The molecule has 0 spiro atoms. The molecular formula is C18H25N3O3S. The number of hydrogen-bond acceptors (Lipinski definition) is 6. The van der Waals surface area contributed by atoms with Crippen LogP contribution >= 0.6 is 11.3 Å². The Labute approximate surface area is 152 Å². The molecule has 1 aromatic rings. The molecule has 2 aliphatic heterocycles. The smallest absolute Gasteiger partial charge is 0.410 e. The lowest BCUT2D eigenvalue weighted by molar-refractivity contribution is -0.0906. The van der Waals surface area contributed by atoms with E-state index in [0.717, 1.165) is 29.1 Å². The molecule has 25 heavy (non-hydrogen) atoms. The maximum Gasteiger partial charge on any atom is 0.410 e. The molecule has 0 unspecified atom stereocenters. The zero-order valence-electron chi connectivity index (χ0n) is 15.2. The number of thiophene rings is 1. The van der Waals surface area contributed by atoms with Gasteiger partial charge in [-0.05, 0) is 44.2 Å². The van der Waals surface area contributed by atoms with Crippen molar-refractivity contribution >= 4 is 17.4 Å². The predicted octanol–water partition coefficient (Wildman–Crippen LogP) is 2.92. The molecule has 2 atom stereocenters. The second kappa shape index (κ2) is 6.94. The number of hydrogen-bond donors (Lipinski definition) is 0. The van der Waals surface area contributed by atoms with Crippen LogP contribution in [0.5, 0.6) is 0 Å². The summed E-state index contributed by atoms with van der Waals surface area (Å²) >= 11 is 1.48. The molecule has 1 aromatic heterocycles. The number of carbonyl (C=O) groups excluding carboxylic acids is 1. The average Bonchev–Trinajstić information content (AvgIpc) is 2.93. The van der Waals surface area contributed by atoms with Crippen molar-refractivity contribution in [3.63, 3.8) is 0 Å². The van der Waals surface area contributed by atoms with Crippen LogP contribution < -0.4 is 0 Å². The number of ether oxygens (including phenoxy) is 2. The van der Waals surface area contributed by atoms with E-state index in [1.165, 1.54) is 11.3 Å². The Morgan fingerprint density at radius 3 is 2.80 bits per heavy atom. The van der Waals surface area contributed by atoms with Gasteiger partial charge in [0.2, 0.25) is 0 Å². The third kappa shape index (κ3) is 3.97. The number of rotatable bonds is 1. The number of fused-ring (bicyclic) bond motifs is 1. The Morgan fingerprint density at radius 2 is 2.16 bits per heavy atom. The summed E-state index contributed by atoms with van der Waals surface area (Å²) < 4.78 is 11.6. The van der Waals surface area contributed by atoms with Crippen LogP contribution in [0.15, 0.2) is 5.38 Å². The van der Waals surface area contributed by atoms with E-state index >= 15 is 0 Å². The van der Waals surface area contributed by atoms with Crippen LogP contribution in [0.25, 0.3) is 0 Å². The summed E-state index contributed by atoms with van der Waals surface area (Å²) in [6.07, 6.45) is -0.246. The van der Waals surface area contributed by atoms with Gasteiger partial charge < -0.3 is 14.4 Å². The van der Waals surface area contributed by atoms with Gasteiger partial charge in [-0.1, -0.05) is 0 Å². The van der Waals surface area contributed by atoms with Gasteiger partial charge in [-0.2, -0.15) is 5.26 Å². The first kappa shape index (κ1) is 18.2. The van der Waals surface area contributed by atoms with E-state index in [-0.39, 0.29) is 18.2 Å². The monoisotopic (exact) mass is 363 g/mol. The van der Waals surface area contributed by atoms with Crippen LogP contribution in [0.1, 0.15) is 42.9 Å². The van der Waals surface area contributed by atoms with Crippen molar-refractivity contribution in [2.45, 2.75) is 45.4 Å². The van der Waals surface area contributed by atoms with Crippen LogP contribution in [0, 0.1) is 18.3 Å². The first-order valence-electron chi connectivity index (χ1n) is 8.60. The molecule has 7 heteroatoms. The molecule has 0 aromatic carbocycles. The van der Waals surface area contributed by atoms with Gasteiger partial charge in [0, 0.05) is 26.2 Å². The third-order valence-electron chi connectivity index (χ3n) is 4.67. The largest absolute Gasteiger partial charge is 0.444 e. The molecule has 3 heterocycles. The topological polar surface area (TPSA) is 65.8 Å². The fourth-order valence-electron chi connectivity index (χ4n) is 3.32. The lowest BCUT2D eigenvalue weighted by Crippen LogP contribution is -2.60. The normalized spacial score (nSPS) is 24.5. The van der Waals surface area contributed by atoms with E-state index < -0.39 is 5.60 Å². The summed E-state index contributed by atoms with van der Waals surface area (Å²) in [6.45, 7) is 11.1. The van der Waals surface area contributed by atoms with Gasteiger partial charge in [-0.25, -0.2) is 4.79 Å². The Bertz CT molecular complexity index is 689. The lowest BCUT2D eigenvalue weighted by atomic mass is 10.0. The van der Waals surface area contributed by atoms with E-state index in [1.54, 1.807) is 4.90 Å². The highest BCUT2D eigenvalue weighted by Gasteiger charge is 2.37. The first-order chi connectivity index (χ1) is 11.8. The Balaban J connectivity index is 1.61. The van der Waals surface area contributed by atoms with Crippen molar-refractivity contribution in [2.75, 3.05) is 32.8 Å². The molecule has 2 fully saturated rings. The molecule has 0 N–H and O–H groups in total. The van der Waals surface area contributed by atoms with Gasteiger partial charge in [0.05, 0.1) is 18.8 Å². The van der Waals surface area contributed by atoms with Gasteiger partial charge in [0.15, 0.2) is 0 Å². The summed E-state index contributed by atoms with van der Waals surface area (Å²) in [5.74, 6) is 0.